The number of carbonyl (C=O) groups excluding carboxylic acids is 6. The lowest BCUT2D eigenvalue weighted by Gasteiger charge is -2.34. The Labute approximate surface area is 786 Å². The van der Waals surface area contributed by atoms with E-state index in [9.17, 15) is 63.5 Å². The molecule has 6 saturated heterocycles. The van der Waals surface area contributed by atoms with E-state index in [1.165, 1.54) is 49.8 Å². The van der Waals surface area contributed by atoms with Gasteiger partial charge >= 0.3 is 10.1 Å². The van der Waals surface area contributed by atoms with Crippen LogP contribution in [0.1, 0.15) is 197 Å². The molecular weight excluding hydrogens is 1680 g/mol. The number of nitrogens with one attached hydrogen (secondary N) is 6. The zero-order chi connectivity index (χ0) is 93.4. The Bertz CT molecular complexity index is 5630. The van der Waals surface area contributed by atoms with Gasteiger partial charge in [-0.05, 0) is 282 Å². The number of benzene rings is 7. The maximum atomic E-state index is 12.7. The molecule has 10 bridgehead atoms. The predicted octanol–water partition coefficient (Wildman–Crippen LogP) is 15.6. The number of ketones is 5. The second-order valence-electron chi connectivity index (χ2n) is 39.9. The third-order valence-corrected chi connectivity index (χ3v) is 30.7. The molecule has 5 saturated carbocycles. The van der Waals surface area contributed by atoms with Crippen LogP contribution in [0.4, 0.5) is 5.69 Å². The molecule has 694 valence electrons. The summed E-state index contributed by atoms with van der Waals surface area (Å²) < 4.78 is 27.3. The van der Waals surface area contributed by atoms with Crippen LogP contribution in [-0.4, -0.2) is 148 Å². The van der Waals surface area contributed by atoms with Crippen LogP contribution in [0.2, 0.25) is 0 Å². The summed E-state index contributed by atoms with van der Waals surface area (Å²) in [7, 11) is -1.38. The molecule has 22 nitrogen and oxygen atoms in total. The van der Waals surface area contributed by atoms with E-state index in [1.54, 1.807) is 24.3 Å². The van der Waals surface area contributed by atoms with Gasteiger partial charge in [-0.1, -0.05) is 146 Å². The third kappa shape index (κ3) is 25.5. The number of amides is 1. The molecule has 7 aliphatic heterocycles. The fourth-order valence-corrected chi connectivity index (χ4v) is 23.3. The van der Waals surface area contributed by atoms with Crippen LogP contribution < -0.4 is 41.0 Å². The van der Waals surface area contributed by atoms with Gasteiger partial charge in [0.25, 0.3) is 5.91 Å². The van der Waals surface area contributed by atoms with E-state index in [1.807, 2.05) is 79.7 Å². The topological polar surface area (TPSA) is 343 Å². The van der Waals surface area contributed by atoms with Crippen molar-refractivity contribution in [2.24, 2.45) is 59.2 Å². The lowest BCUT2D eigenvalue weighted by Crippen LogP contribution is -2.44. The molecule has 19 rings (SSSR count). The van der Waals surface area contributed by atoms with Crippen LogP contribution in [0.15, 0.2) is 170 Å². The third-order valence-electron chi connectivity index (χ3n) is 30.2. The number of carbonyl (C=O) groups is 6. The van der Waals surface area contributed by atoms with Gasteiger partial charge in [0.1, 0.15) is 5.75 Å². The summed E-state index contributed by atoms with van der Waals surface area (Å²) in [6, 6.07) is 68.1. The van der Waals surface area contributed by atoms with Gasteiger partial charge in [-0.15, -0.1) is 0 Å². The van der Waals surface area contributed by atoms with E-state index in [2.05, 4.69) is 159 Å². The van der Waals surface area contributed by atoms with Crippen molar-refractivity contribution in [2.45, 2.75) is 248 Å². The molecule has 0 spiro atoms. The number of nitriles is 5. The van der Waals surface area contributed by atoms with E-state index >= 15 is 0 Å². The lowest BCUT2D eigenvalue weighted by atomic mass is 9.88. The Hall–Kier alpha value is -11.1. The van der Waals surface area contributed by atoms with Crippen LogP contribution in [-0.2, 0) is 79.2 Å². The van der Waals surface area contributed by atoms with Gasteiger partial charge in [0.2, 0.25) is 0 Å². The summed E-state index contributed by atoms with van der Waals surface area (Å²) in [5.74, 6) is 2.49. The molecule has 20 atom stereocenters. The number of likely N-dealkylation sites (N-methyl/N-ethyl adjacent to an activating group) is 1. The molecule has 7 heterocycles. The minimum Gasteiger partial charge on any atom is -0.383 e. The first-order chi connectivity index (χ1) is 64.3. The normalized spacial score (nSPS) is 26.1. The average Bonchev–Trinajstić information content (AvgIpc) is 1.69. The summed E-state index contributed by atoms with van der Waals surface area (Å²) in [6.45, 7) is 12.9. The van der Waals surface area contributed by atoms with E-state index < -0.39 is 10.1 Å². The van der Waals surface area contributed by atoms with Gasteiger partial charge in [-0.2, -0.15) is 34.7 Å². The Morgan fingerprint density at radius 1 is 0.414 bits per heavy atom. The van der Waals surface area contributed by atoms with Gasteiger partial charge in [0.05, 0.1) is 96.4 Å². The molecule has 0 radical (unpaired) electrons. The first-order valence-electron chi connectivity index (χ1n) is 48.7. The van der Waals surface area contributed by atoms with Crippen LogP contribution >= 0.6 is 0 Å². The fourth-order valence-electron chi connectivity index (χ4n) is 22.9. The highest BCUT2D eigenvalue weighted by Crippen LogP contribution is 2.42. The second-order valence-corrected chi connectivity index (χ2v) is 41.5. The van der Waals surface area contributed by atoms with E-state index in [4.69, 9.17) is 4.18 Å². The van der Waals surface area contributed by atoms with Crippen LogP contribution in [0.25, 0.3) is 27.8 Å². The molecule has 5 aliphatic carbocycles. The second kappa shape index (κ2) is 44.8. The van der Waals surface area contributed by atoms with Crippen LogP contribution in [0, 0.1) is 116 Å². The molecule has 12 aliphatic rings. The molecule has 0 aromatic heterocycles. The van der Waals surface area contributed by atoms with Crippen molar-refractivity contribution in [3.63, 3.8) is 0 Å². The Kier molecular flexibility index (Phi) is 32.5. The quantitative estimate of drug-likeness (QED) is 0.0213. The van der Waals surface area contributed by atoms with Crippen molar-refractivity contribution >= 4 is 56.2 Å². The number of rotatable bonds is 32. The lowest BCUT2D eigenvalue weighted by molar-refractivity contribution is -0.123. The molecule has 133 heavy (non-hydrogen) atoms. The standard InChI is InChI=1S/C25H25N3O2.C24H26N2O4S.C22H30N4O.C20H24N2O.C19H24N2O/c26-13-16(10-23(29)24-19-5-7-21(12-19)28-24)9-15-1-3-17(4-2-15)18-6-8-22-20(11-18)14-27-25(22)30;1-31(28,29)30-22-10-7-19(8-11-22)18-4-2-16(3-5-18)12-17(15-25)13-23(27)24-20-6-9-21(14-20)26-24;1-25-8-10-26(11-9-25)20-6-2-16(3-7-20)12-17(15-23)13-21(27)22-18-4-5-19(14-18)24-22;1-13(2)16-5-3-14(4-6-16)9-15(12-21)10-19(23)20-17-7-8-18(11-17)22-20;1-2-13-3-5-14(6-4-13)9-15(12-20)10-18(22)19-16-7-8-17(11-16)21-19/h1-4,6,8,11,16,19,21,24,28H,5,7,9-10,12,14H2,(H,27,30);2-5,7-8,10-11,17,20-21,24,26H,6,9,12-14H2,1H3;2-3,6-7,17-19,22,24H,4-5,8-14H2,1H3;3-6,15,17-18,20,22H,1,7-11H2,2H3;3-6,15-17,19,21H,2,7-11H2,1H3/t16-,19+,21-,24+;17-,20+,21-,24+;17-,18+,19-,22+;15-,17+,18-,20+;15-,16+,17-,19+/m11111/s1. The minimum atomic E-state index is -3.55. The largest absolute Gasteiger partial charge is 0.383 e. The van der Waals surface area contributed by atoms with Crippen LogP contribution in [0.3, 0.4) is 0 Å². The first-order valence-corrected chi connectivity index (χ1v) is 50.5. The number of hydrogen-bond donors (Lipinski definition) is 6. The molecule has 7 aromatic carbocycles. The zero-order valence-electron chi connectivity index (χ0n) is 77.5. The Balaban J connectivity index is 0.000000128. The number of hydrogen-bond acceptors (Lipinski definition) is 21. The number of piperazine rings is 1. The van der Waals surface area contributed by atoms with Crippen molar-refractivity contribution in [3.8, 4) is 58.3 Å². The highest BCUT2D eigenvalue weighted by atomic mass is 32.2. The zero-order valence-corrected chi connectivity index (χ0v) is 78.3. The molecule has 11 fully saturated rings. The number of aryl methyl sites for hydroxylation is 1. The smallest absolute Gasteiger partial charge is 0.306 e. The van der Waals surface area contributed by atoms with Gasteiger partial charge < -0.3 is 45.9 Å². The maximum Gasteiger partial charge on any atom is 0.306 e. The minimum absolute atomic E-state index is 0.000733. The number of Topliss-reactive ketones (excluding diaryl/α,β-unsaturated/α-hetero) is 5. The van der Waals surface area contributed by atoms with Gasteiger partial charge in [-0.25, -0.2) is 0 Å². The van der Waals surface area contributed by atoms with Gasteiger partial charge in [0, 0.05) is 106 Å². The first kappa shape index (κ1) is 96.4. The van der Waals surface area contributed by atoms with Crippen LogP contribution in [0.5, 0.6) is 5.75 Å². The fraction of sp³-hybridized carbons (Fsp3) is 0.500. The summed E-state index contributed by atoms with van der Waals surface area (Å²) >= 11 is 0. The van der Waals surface area contributed by atoms with Crippen molar-refractivity contribution in [1.82, 2.24) is 36.8 Å². The van der Waals surface area contributed by atoms with Crippen molar-refractivity contribution in [3.05, 3.63) is 220 Å². The van der Waals surface area contributed by atoms with Gasteiger partial charge in [0.15, 0.2) is 28.9 Å². The summed E-state index contributed by atoms with van der Waals surface area (Å²) in [5, 5.41) is 67.6. The molecule has 7 aromatic rings. The molecule has 0 unspecified atom stereocenters. The predicted molar refractivity (Wildman–Crippen MR) is 516 cm³/mol. The highest BCUT2D eigenvalue weighted by molar-refractivity contribution is 7.86. The van der Waals surface area contributed by atoms with E-state index in [0.717, 1.165) is 169 Å². The Morgan fingerprint density at radius 2 is 0.707 bits per heavy atom. The summed E-state index contributed by atoms with van der Waals surface area (Å²) in [5.41, 5.74) is 16.0. The number of piperidine rings is 5. The number of fused-ring (bicyclic) bond motifs is 11. The van der Waals surface area contributed by atoms with Crippen molar-refractivity contribution < 1.29 is 41.4 Å². The van der Waals surface area contributed by atoms with Crippen molar-refractivity contribution in [2.75, 3.05) is 44.4 Å². The molecule has 23 heteroatoms. The average molecular weight is 1810 g/mol. The summed E-state index contributed by atoms with van der Waals surface area (Å²) in [6.07, 6.45) is 24.2. The van der Waals surface area contributed by atoms with E-state index in [0.29, 0.717) is 131 Å². The van der Waals surface area contributed by atoms with Gasteiger partial charge in [-0.3, -0.25) is 28.8 Å². The summed E-state index contributed by atoms with van der Waals surface area (Å²) in [4.78, 5) is 79.5. The number of nitrogens with zero attached hydrogens (tertiary/aromatic N) is 7. The molecule has 6 N–H and O–H groups in total. The monoisotopic (exact) mass is 1810 g/mol. The SMILES string of the molecule is C=C(C)c1ccc(C[C@@H](C#N)CC(=O)[C@H]2N[C@@H]3CC[C@H]2C3)cc1.CCc1ccc(C[C@@H](C#N)CC(=O)[C@H]2N[C@@H]3CC[C@H]2C3)cc1.CN1CCN(c2ccc(C[C@@H](C#N)CC(=O)[C@H]3N[C@@H]4CC[C@H]3C4)cc2)CC1.CS(=O)(=O)Oc1ccc(-c2ccc(C[C@@H](C#N)CC(=O)[C@H]3N[C@@H]4CC[C@H]3C4)cc2)cc1.N#C[C@@H](CC(=O)[C@H]1N[C@@H]2CC[C@H]1C2)Cc1ccc(-c2ccc3c(c2)CNC3=O)cc1. The maximum absolute atomic E-state index is 12.7. The number of allylic oxidation sites excluding steroid dienone is 1. The van der Waals surface area contributed by atoms with E-state index in [-0.39, 0.29) is 100 Å². The highest BCUT2D eigenvalue weighted by Gasteiger charge is 2.48. The molecule has 1 amide bonds. The number of anilines is 1. The van der Waals surface area contributed by atoms with Crippen molar-refractivity contribution in [1.29, 1.82) is 26.3 Å². The molecular formula is C110H129N13O9S. The Morgan fingerprint density at radius 3 is 1.00 bits per heavy atom.